The van der Waals surface area contributed by atoms with Gasteiger partial charge in [-0.25, -0.2) is 9.66 Å². The van der Waals surface area contributed by atoms with Crippen LogP contribution in [0, 0.1) is 0 Å². The monoisotopic (exact) mass is 346 g/mol. The van der Waals surface area contributed by atoms with Crippen LogP contribution < -0.4 is 11.2 Å². The molecule has 0 aliphatic heterocycles. The Labute approximate surface area is 140 Å². The van der Waals surface area contributed by atoms with Crippen LogP contribution in [0.5, 0.6) is 0 Å². The highest BCUT2D eigenvalue weighted by molar-refractivity contribution is 7.99. The molecule has 3 aromatic rings. The Kier molecular flexibility index (Phi) is 4.89. The number of benzene rings is 1. The van der Waals surface area contributed by atoms with E-state index < -0.39 is 0 Å². The van der Waals surface area contributed by atoms with Crippen molar-refractivity contribution in [3.05, 3.63) is 53.3 Å². The molecule has 1 aromatic carbocycles. The van der Waals surface area contributed by atoms with Gasteiger partial charge in [-0.3, -0.25) is 4.79 Å². The lowest BCUT2D eigenvalue weighted by atomic mass is 10.1. The lowest BCUT2D eigenvalue weighted by Gasteiger charge is -2.04. The number of nitrogens with zero attached hydrogens (tertiary/aromatic N) is 4. The summed E-state index contributed by atoms with van der Waals surface area (Å²) in [7, 11) is 0. The van der Waals surface area contributed by atoms with Crippen LogP contribution in [0.1, 0.15) is 11.4 Å². The first-order valence-corrected chi connectivity index (χ1v) is 8.64. The number of thiazole rings is 1. The molecule has 0 saturated heterocycles. The SMILES string of the molecule is Nn1c(Cc2ccccc2)nnc1SCC(=O)Nc1nccs1. The van der Waals surface area contributed by atoms with E-state index in [0.29, 0.717) is 22.5 Å². The molecule has 0 atom stereocenters. The maximum atomic E-state index is 11.8. The smallest absolute Gasteiger partial charge is 0.236 e. The van der Waals surface area contributed by atoms with Crippen molar-refractivity contribution in [2.45, 2.75) is 11.6 Å². The van der Waals surface area contributed by atoms with E-state index in [-0.39, 0.29) is 11.7 Å². The van der Waals surface area contributed by atoms with Gasteiger partial charge in [0.05, 0.1) is 5.75 Å². The van der Waals surface area contributed by atoms with Gasteiger partial charge in [-0.05, 0) is 5.56 Å². The summed E-state index contributed by atoms with van der Waals surface area (Å²) in [6.07, 6.45) is 2.23. The third kappa shape index (κ3) is 4.08. The molecule has 0 aliphatic carbocycles. The van der Waals surface area contributed by atoms with Crippen molar-refractivity contribution in [2.24, 2.45) is 0 Å². The molecule has 0 radical (unpaired) electrons. The number of nitrogens with two attached hydrogens (primary N) is 1. The first kappa shape index (κ1) is 15.5. The minimum Gasteiger partial charge on any atom is -0.336 e. The predicted octanol–water partition coefficient (Wildman–Crippen LogP) is 1.77. The summed E-state index contributed by atoms with van der Waals surface area (Å²) in [5.41, 5.74) is 1.10. The number of nitrogens with one attached hydrogen (secondary N) is 1. The van der Waals surface area contributed by atoms with Crippen molar-refractivity contribution in [1.29, 1.82) is 0 Å². The predicted molar refractivity (Wildman–Crippen MR) is 90.9 cm³/mol. The highest BCUT2D eigenvalue weighted by atomic mass is 32.2. The normalized spacial score (nSPS) is 10.6. The number of anilines is 1. The minimum absolute atomic E-state index is 0.155. The van der Waals surface area contributed by atoms with Crippen LogP contribution in [0.3, 0.4) is 0 Å². The van der Waals surface area contributed by atoms with Gasteiger partial charge >= 0.3 is 0 Å². The van der Waals surface area contributed by atoms with E-state index in [0.717, 1.165) is 5.56 Å². The maximum absolute atomic E-state index is 11.8. The topological polar surface area (TPSA) is 98.7 Å². The Morgan fingerprint density at radius 2 is 2.13 bits per heavy atom. The number of rotatable bonds is 6. The van der Waals surface area contributed by atoms with Crippen molar-refractivity contribution < 1.29 is 4.79 Å². The van der Waals surface area contributed by atoms with Crippen LogP contribution in [-0.4, -0.2) is 31.5 Å². The summed E-state index contributed by atoms with van der Waals surface area (Å²) in [6.45, 7) is 0. The first-order valence-electron chi connectivity index (χ1n) is 6.78. The molecule has 118 valence electrons. The summed E-state index contributed by atoms with van der Waals surface area (Å²) >= 11 is 2.61. The van der Waals surface area contributed by atoms with Crippen molar-refractivity contribution in [2.75, 3.05) is 16.9 Å². The van der Waals surface area contributed by atoms with Crippen LogP contribution in [0.25, 0.3) is 0 Å². The number of carbonyl (C=O) groups is 1. The molecule has 0 saturated carbocycles. The van der Waals surface area contributed by atoms with Crippen LogP contribution in [-0.2, 0) is 11.2 Å². The Morgan fingerprint density at radius 3 is 2.87 bits per heavy atom. The van der Waals surface area contributed by atoms with Gasteiger partial charge in [-0.2, -0.15) is 0 Å². The van der Waals surface area contributed by atoms with Gasteiger partial charge in [0.2, 0.25) is 11.1 Å². The zero-order chi connectivity index (χ0) is 16.1. The van der Waals surface area contributed by atoms with Crippen LogP contribution >= 0.6 is 23.1 Å². The van der Waals surface area contributed by atoms with E-state index in [1.165, 1.54) is 27.8 Å². The van der Waals surface area contributed by atoms with Gasteiger partial charge in [-0.1, -0.05) is 42.1 Å². The van der Waals surface area contributed by atoms with E-state index in [2.05, 4.69) is 20.5 Å². The Morgan fingerprint density at radius 1 is 1.30 bits per heavy atom. The maximum Gasteiger partial charge on any atom is 0.236 e. The van der Waals surface area contributed by atoms with E-state index in [9.17, 15) is 4.79 Å². The number of carbonyl (C=O) groups excluding carboxylic acids is 1. The fraction of sp³-hybridized carbons (Fsp3) is 0.143. The second-order valence-electron chi connectivity index (χ2n) is 4.61. The molecular formula is C14H14N6OS2. The molecule has 3 rings (SSSR count). The lowest BCUT2D eigenvalue weighted by Crippen LogP contribution is -2.17. The van der Waals surface area contributed by atoms with Crippen LogP contribution in [0.2, 0.25) is 0 Å². The van der Waals surface area contributed by atoms with Crippen molar-refractivity contribution >= 4 is 34.1 Å². The second kappa shape index (κ2) is 7.25. The van der Waals surface area contributed by atoms with E-state index in [1.54, 1.807) is 11.6 Å². The molecule has 7 nitrogen and oxygen atoms in total. The van der Waals surface area contributed by atoms with Gasteiger partial charge in [0.15, 0.2) is 11.0 Å². The molecule has 2 aromatic heterocycles. The number of nitrogen functional groups attached to an aromatic ring is 1. The minimum atomic E-state index is -0.155. The molecular weight excluding hydrogens is 332 g/mol. The van der Waals surface area contributed by atoms with Gasteiger partial charge < -0.3 is 11.2 Å². The first-order chi connectivity index (χ1) is 11.2. The average Bonchev–Trinajstić information content (AvgIpc) is 3.18. The summed E-state index contributed by atoms with van der Waals surface area (Å²) < 4.78 is 1.42. The number of amides is 1. The van der Waals surface area contributed by atoms with Gasteiger partial charge in [0.25, 0.3) is 0 Å². The summed E-state index contributed by atoms with van der Waals surface area (Å²) in [5.74, 6) is 6.69. The van der Waals surface area contributed by atoms with Crippen molar-refractivity contribution in [3.8, 4) is 0 Å². The Hall–Kier alpha value is -2.39. The molecule has 0 aliphatic rings. The molecule has 0 spiro atoms. The number of hydrogen-bond donors (Lipinski definition) is 2. The highest BCUT2D eigenvalue weighted by Gasteiger charge is 2.13. The molecule has 23 heavy (non-hydrogen) atoms. The average molecular weight is 346 g/mol. The zero-order valence-electron chi connectivity index (χ0n) is 12.0. The standard InChI is InChI=1S/C14H14N6OS2/c15-20-11(8-10-4-2-1-3-5-10)18-19-14(20)23-9-12(21)17-13-16-6-7-22-13/h1-7H,8-9,15H2,(H,16,17,21). The molecule has 9 heteroatoms. The van der Waals surface area contributed by atoms with Gasteiger partial charge in [-0.15, -0.1) is 21.5 Å². The van der Waals surface area contributed by atoms with E-state index in [1.807, 2.05) is 30.3 Å². The molecule has 2 heterocycles. The van der Waals surface area contributed by atoms with Crippen molar-refractivity contribution in [1.82, 2.24) is 19.9 Å². The van der Waals surface area contributed by atoms with E-state index in [4.69, 9.17) is 5.84 Å². The fourth-order valence-electron chi connectivity index (χ4n) is 1.88. The van der Waals surface area contributed by atoms with Crippen LogP contribution in [0.4, 0.5) is 5.13 Å². The van der Waals surface area contributed by atoms with E-state index >= 15 is 0 Å². The van der Waals surface area contributed by atoms with Gasteiger partial charge in [0.1, 0.15) is 0 Å². The zero-order valence-corrected chi connectivity index (χ0v) is 13.7. The molecule has 3 N–H and O–H groups in total. The largest absolute Gasteiger partial charge is 0.336 e. The molecule has 0 bridgehead atoms. The Bertz CT molecular complexity index is 772. The number of thioether (sulfide) groups is 1. The molecule has 0 unspecified atom stereocenters. The third-order valence-electron chi connectivity index (χ3n) is 2.95. The molecule has 1 amide bonds. The van der Waals surface area contributed by atoms with Crippen molar-refractivity contribution in [3.63, 3.8) is 0 Å². The fourth-order valence-corrected chi connectivity index (χ4v) is 3.10. The second-order valence-corrected chi connectivity index (χ2v) is 6.44. The third-order valence-corrected chi connectivity index (χ3v) is 4.58. The van der Waals surface area contributed by atoms with Gasteiger partial charge in [0, 0.05) is 18.0 Å². The summed E-state index contributed by atoms with van der Waals surface area (Å²) in [6, 6.07) is 9.89. The highest BCUT2D eigenvalue weighted by Crippen LogP contribution is 2.17. The quantitative estimate of drug-likeness (QED) is 0.521. The molecule has 0 fully saturated rings. The number of hydrogen-bond acceptors (Lipinski definition) is 7. The van der Waals surface area contributed by atoms with Crippen LogP contribution in [0.15, 0.2) is 47.1 Å². The Balaban J connectivity index is 1.57. The summed E-state index contributed by atoms with van der Waals surface area (Å²) in [4.78, 5) is 15.8. The number of aromatic nitrogens is 4. The summed E-state index contributed by atoms with van der Waals surface area (Å²) in [5, 5.41) is 13.7. The lowest BCUT2D eigenvalue weighted by molar-refractivity contribution is -0.113.